The molecule has 4 aromatic rings. The second-order valence-corrected chi connectivity index (χ2v) is 11.0. The molecule has 1 N–H and O–H groups in total. The molecule has 10 nitrogen and oxygen atoms in total. The fraction of sp³-hybridized carbons (Fsp3) is 0.333. The molecule has 0 unspecified atom stereocenters. The number of hydrogen-bond donors (Lipinski definition) is 1. The number of hydrogen-bond acceptors (Lipinski definition) is 7. The van der Waals surface area contributed by atoms with E-state index >= 15 is 0 Å². The highest BCUT2D eigenvalue weighted by atomic mass is 32.2. The third kappa shape index (κ3) is 5.41. The molecule has 0 amide bonds. The van der Waals surface area contributed by atoms with Crippen molar-refractivity contribution in [3.8, 4) is 5.75 Å². The van der Waals surface area contributed by atoms with Crippen LogP contribution in [0, 0.1) is 6.92 Å². The first-order valence-electron chi connectivity index (χ1n) is 11.7. The third-order valence-corrected chi connectivity index (χ3v) is 8.29. The highest BCUT2D eigenvalue weighted by molar-refractivity contribution is 7.89. The Morgan fingerprint density at radius 1 is 1.05 bits per heavy atom. The van der Waals surface area contributed by atoms with Crippen molar-refractivity contribution in [2.24, 2.45) is 0 Å². The molecule has 0 radical (unpaired) electrons. The van der Waals surface area contributed by atoms with Gasteiger partial charge in [-0.25, -0.2) is 18.1 Å². The number of halogens is 3. The van der Waals surface area contributed by atoms with Gasteiger partial charge in [0.15, 0.2) is 11.2 Å². The van der Waals surface area contributed by atoms with Crippen molar-refractivity contribution >= 4 is 21.2 Å². The number of nitrogens with zero attached hydrogens (tertiary/aromatic N) is 5. The number of rotatable bonds is 6. The van der Waals surface area contributed by atoms with Gasteiger partial charge in [-0.3, -0.25) is 4.79 Å². The number of sulfonamides is 1. The van der Waals surface area contributed by atoms with Gasteiger partial charge < -0.3 is 9.72 Å². The Kier molecular flexibility index (Phi) is 6.69. The average Bonchev–Trinajstić information content (AvgIpc) is 3.28. The van der Waals surface area contributed by atoms with Gasteiger partial charge in [0.1, 0.15) is 11.6 Å². The zero-order chi connectivity index (χ0) is 27.1. The highest BCUT2D eigenvalue weighted by Gasteiger charge is 2.32. The Hall–Kier alpha value is -3.78. The summed E-state index contributed by atoms with van der Waals surface area (Å²) in [6.07, 6.45) is -3.87. The number of aromatic nitrogens is 5. The standard InChI is InChI=1S/C24H23F3N6O4S/c1-15-2-8-19(9-3-15)38(35,36)32-12-10-17(11-13-32)21-28-22-20(23(34)29-21)30-31-33(22)14-16-4-6-18(7-5-16)37-24(25,26)27/h2-9,17H,10-14H2,1H3,(H,28,29,34). The van der Waals surface area contributed by atoms with Gasteiger partial charge >= 0.3 is 6.36 Å². The third-order valence-electron chi connectivity index (χ3n) is 6.38. The Morgan fingerprint density at radius 3 is 2.34 bits per heavy atom. The largest absolute Gasteiger partial charge is 0.573 e. The number of piperidine rings is 1. The van der Waals surface area contributed by atoms with E-state index in [0.29, 0.717) is 24.2 Å². The van der Waals surface area contributed by atoms with Crippen LogP contribution in [-0.4, -0.2) is 57.1 Å². The zero-order valence-corrected chi connectivity index (χ0v) is 21.0. The Bertz CT molecular complexity index is 1610. The number of H-pyrrole nitrogens is 1. The number of alkyl halides is 3. The predicted molar refractivity (Wildman–Crippen MR) is 130 cm³/mol. The van der Waals surface area contributed by atoms with Crippen LogP contribution in [0.3, 0.4) is 0 Å². The topological polar surface area (TPSA) is 123 Å². The Balaban J connectivity index is 1.32. The molecular weight excluding hydrogens is 525 g/mol. The van der Waals surface area contributed by atoms with Crippen molar-refractivity contribution in [3.63, 3.8) is 0 Å². The molecule has 1 fully saturated rings. The van der Waals surface area contributed by atoms with E-state index in [1.807, 2.05) is 6.92 Å². The number of aromatic amines is 1. The summed E-state index contributed by atoms with van der Waals surface area (Å²) in [6, 6.07) is 12.0. The molecule has 0 spiro atoms. The van der Waals surface area contributed by atoms with Crippen molar-refractivity contribution in [2.75, 3.05) is 13.1 Å². The first kappa shape index (κ1) is 25.9. The number of benzene rings is 2. The van der Waals surface area contributed by atoms with Crippen molar-refractivity contribution in [1.82, 2.24) is 29.3 Å². The number of fused-ring (bicyclic) bond motifs is 1. The van der Waals surface area contributed by atoms with E-state index in [0.717, 1.165) is 5.56 Å². The molecular formula is C24H23F3N6O4S. The molecule has 0 atom stereocenters. The summed E-state index contributed by atoms with van der Waals surface area (Å²) in [6.45, 7) is 2.54. The van der Waals surface area contributed by atoms with Crippen LogP contribution in [0.1, 0.15) is 35.7 Å². The molecule has 3 heterocycles. The molecule has 0 saturated carbocycles. The van der Waals surface area contributed by atoms with Crippen LogP contribution in [0.25, 0.3) is 11.2 Å². The minimum absolute atomic E-state index is 0.0326. The average molecular weight is 549 g/mol. The molecule has 1 aliphatic rings. The summed E-state index contributed by atoms with van der Waals surface area (Å²) >= 11 is 0. The Morgan fingerprint density at radius 2 is 1.71 bits per heavy atom. The molecule has 1 saturated heterocycles. The highest BCUT2D eigenvalue weighted by Crippen LogP contribution is 2.29. The molecule has 2 aromatic carbocycles. The number of aryl methyl sites for hydroxylation is 1. The first-order chi connectivity index (χ1) is 18.0. The molecule has 0 aliphatic carbocycles. The monoisotopic (exact) mass is 548 g/mol. The molecule has 200 valence electrons. The van der Waals surface area contributed by atoms with E-state index in [4.69, 9.17) is 0 Å². The molecule has 0 bridgehead atoms. The SMILES string of the molecule is Cc1ccc(S(=O)(=O)N2CCC(c3nc4c(nnn4Cc4ccc(OC(F)(F)F)cc4)c(=O)[nH]3)CC2)cc1. The lowest BCUT2D eigenvalue weighted by molar-refractivity contribution is -0.274. The minimum Gasteiger partial charge on any atom is -0.406 e. The van der Waals surface area contributed by atoms with Crippen LogP contribution in [0.15, 0.2) is 58.2 Å². The van der Waals surface area contributed by atoms with Crippen molar-refractivity contribution in [3.05, 3.63) is 75.8 Å². The van der Waals surface area contributed by atoms with E-state index in [1.54, 1.807) is 24.3 Å². The Labute approximate surface area is 215 Å². The molecule has 14 heteroatoms. The zero-order valence-electron chi connectivity index (χ0n) is 20.1. The fourth-order valence-electron chi connectivity index (χ4n) is 4.38. The number of nitrogens with one attached hydrogen (secondary N) is 1. The van der Waals surface area contributed by atoms with E-state index < -0.39 is 21.9 Å². The summed E-state index contributed by atoms with van der Waals surface area (Å²) < 4.78 is 69.9. The summed E-state index contributed by atoms with van der Waals surface area (Å²) in [4.78, 5) is 20.2. The molecule has 1 aliphatic heterocycles. The second kappa shape index (κ2) is 9.83. The van der Waals surface area contributed by atoms with Crippen LogP contribution in [0.5, 0.6) is 5.75 Å². The van der Waals surface area contributed by atoms with E-state index in [-0.39, 0.29) is 47.4 Å². The van der Waals surface area contributed by atoms with Crippen molar-refractivity contribution in [1.29, 1.82) is 0 Å². The van der Waals surface area contributed by atoms with Gasteiger partial charge in [-0.2, -0.15) is 4.31 Å². The second-order valence-electron chi connectivity index (χ2n) is 9.05. The molecule has 38 heavy (non-hydrogen) atoms. The summed E-state index contributed by atoms with van der Waals surface area (Å²) in [5.74, 6) is -0.122. The van der Waals surface area contributed by atoms with Gasteiger partial charge in [-0.05, 0) is 49.6 Å². The smallest absolute Gasteiger partial charge is 0.406 e. The van der Waals surface area contributed by atoms with Gasteiger partial charge in [0.25, 0.3) is 5.56 Å². The van der Waals surface area contributed by atoms with Crippen LogP contribution >= 0.6 is 0 Å². The van der Waals surface area contributed by atoms with Crippen molar-refractivity contribution < 1.29 is 26.3 Å². The molecule has 5 rings (SSSR count). The van der Waals surface area contributed by atoms with Gasteiger partial charge in [-0.15, -0.1) is 18.3 Å². The maximum absolute atomic E-state index is 13.0. The van der Waals surface area contributed by atoms with Crippen LogP contribution in [0.2, 0.25) is 0 Å². The van der Waals surface area contributed by atoms with Crippen LogP contribution < -0.4 is 10.3 Å². The summed E-state index contributed by atoms with van der Waals surface area (Å²) in [5, 5.41) is 7.89. The van der Waals surface area contributed by atoms with Gasteiger partial charge in [0, 0.05) is 19.0 Å². The van der Waals surface area contributed by atoms with Gasteiger partial charge in [-0.1, -0.05) is 35.0 Å². The van der Waals surface area contributed by atoms with Gasteiger partial charge in [0.05, 0.1) is 11.4 Å². The lowest BCUT2D eigenvalue weighted by Crippen LogP contribution is -2.38. The normalized spacial score (nSPS) is 15.7. The quantitative estimate of drug-likeness (QED) is 0.392. The van der Waals surface area contributed by atoms with E-state index in [9.17, 15) is 26.4 Å². The summed E-state index contributed by atoms with van der Waals surface area (Å²) in [5.41, 5.74) is 1.36. The lowest BCUT2D eigenvalue weighted by atomic mass is 9.97. The molecule has 2 aromatic heterocycles. The maximum Gasteiger partial charge on any atom is 0.573 e. The van der Waals surface area contributed by atoms with E-state index in [2.05, 4.69) is 25.0 Å². The predicted octanol–water partition coefficient (Wildman–Crippen LogP) is 3.34. The van der Waals surface area contributed by atoms with Crippen LogP contribution in [0.4, 0.5) is 13.2 Å². The lowest BCUT2D eigenvalue weighted by Gasteiger charge is -2.30. The van der Waals surface area contributed by atoms with Crippen molar-refractivity contribution in [2.45, 2.75) is 43.5 Å². The van der Waals surface area contributed by atoms with Crippen LogP contribution in [-0.2, 0) is 16.6 Å². The fourth-order valence-corrected chi connectivity index (χ4v) is 5.85. The minimum atomic E-state index is -4.79. The maximum atomic E-state index is 13.0. The van der Waals surface area contributed by atoms with Gasteiger partial charge in [0.2, 0.25) is 10.0 Å². The first-order valence-corrected chi connectivity index (χ1v) is 13.2. The van der Waals surface area contributed by atoms with E-state index in [1.165, 1.54) is 33.3 Å². The summed E-state index contributed by atoms with van der Waals surface area (Å²) in [7, 11) is -3.63. The number of ether oxygens (including phenoxy) is 1.